The smallest absolute Gasteiger partial charge is 0.256 e. The molecule has 1 heterocycles. The first-order chi connectivity index (χ1) is 12.0. The summed E-state index contributed by atoms with van der Waals surface area (Å²) in [6.07, 6.45) is 3.52. The monoisotopic (exact) mass is 347 g/mol. The molecule has 5 heteroatoms. The predicted molar refractivity (Wildman–Crippen MR) is 89.7 cm³/mol. The van der Waals surface area contributed by atoms with Crippen LogP contribution < -0.4 is 0 Å². The van der Waals surface area contributed by atoms with Gasteiger partial charge in [0.1, 0.15) is 5.82 Å². The molecular formula is C20H20F3NO. The van der Waals surface area contributed by atoms with E-state index in [1.54, 1.807) is 17.0 Å². The number of rotatable bonds is 4. The molecule has 0 bridgehead atoms. The maximum absolute atomic E-state index is 13.9. The van der Waals surface area contributed by atoms with Gasteiger partial charge in [-0.05, 0) is 61.4 Å². The lowest BCUT2D eigenvalue weighted by Crippen LogP contribution is -2.40. The Morgan fingerprint density at radius 3 is 2.60 bits per heavy atom. The van der Waals surface area contributed by atoms with E-state index in [2.05, 4.69) is 0 Å². The summed E-state index contributed by atoms with van der Waals surface area (Å²) < 4.78 is 40.1. The van der Waals surface area contributed by atoms with Gasteiger partial charge in [0.25, 0.3) is 5.91 Å². The Kier molecular flexibility index (Phi) is 5.41. The Hall–Kier alpha value is -2.30. The summed E-state index contributed by atoms with van der Waals surface area (Å²) in [5.74, 6) is -2.49. The average Bonchev–Trinajstić information content (AvgIpc) is 2.63. The maximum atomic E-state index is 13.9. The number of carbonyl (C=O) groups is 1. The van der Waals surface area contributed by atoms with Gasteiger partial charge in [-0.3, -0.25) is 4.79 Å². The SMILES string of the molecule is O=C(c1cccc(F)c1F)N1CCC[C@@H](CCc2ccc(F)cc2)C1. The summed E-state index contributed by atoms with van der Waals surface area (Å²) in [5.41, 5.74) is 0.847. The van der Waals surface area contributed by atoms with E-state index in [1.807, 2.05) is 0 Å². The highest BCUT2D eigenvalue weighted by Gasteiger charge is 2.26. The molecule has 1 fully saturated rings. The molecule has 0 N–H and O–H groups in total. The normalized spacial score (nSPS) is 17.6. The van der Waals surface area contributed by atoms with Crippen LogP contribution in [0.15, 0.2) is 42.5 Å². The summed E-state index contributed by atoms with van der Waals surface area (Å²) in [5, 5.41) is 0. The molecule has 1 aliphatic rings. The molecule has 1 saturated heterocycles. The van der Waals surface area contributed by atoms with Crippen LogP contribution in [0.5, 0.6) is 0 Å². The molecule has 3 rings (SSSR count). The third kappa shape index (κ3) is 4.21. The minimum atomic E-state index is -1.08. The second-order valence-corrected chi connectivity index (χ2v) is 6.53. The number of hydrogen-bond donors (Lipinski definition) is 0. The first-order valence-electron chi connectivity index (χ1n) is 8.52. The number of aryl methyl sites for hydroxylation is 1. The van der Waals surface area contributed by atoms with Crippen LogP contribution in [0, 0.1) is 23.4 Å². The van der Waals surface area contributed by atoms with Crippen molar-refractivity contribution in [1.29, 1.82) is 0 Å². The highest BCUT2D eigenvalue weighted by molar-refractivity contribution is 5.94. The van der Waals surface area contributed by atoms with Crippen LogP contribution in [0.4, 0.5) is 13.2 Å². The molecule has 2 nitrogen and oxygen atoms in total. The predicted octanol–water partition coefficient (Wildman–Crippen LogP) is 4.59. The number of carbonyl (C=O) groups excluding carboxylic acids is 1. The summed E-state index contributed by atoms with van der Waals surface area (Å²) in [7, 11) is 0. The summed E-state index contributed by atoms with van der Waals surface area (Å²) >= 11 is 0. The molecule has 132 valence electrons. The van der Waals surface area contributed by atoms with Crippen LogP contribution in [-0.4, -0.2) is 23.9 Å². The van der Waals surface area contributed by atoms with Crippen molar-refractivity contribution in [2.75, 3.05) is 13.1 Å². The lowest BCUT2D eigenvalue weighted by molar-refractivity contribution is 0.0662. The summed E-state index contributed by atoms with van der Waals surface area (Å²) in [6.45, 7) is 1.10. The van der Waals surface area contributed by atoms with Gasteiger partial charge in [0.05, 0.1) is 5.56 Å². The number of nitrogens with zero attached hydrogens (tertiary/aromatic N) is 1. The van der Waals surface area contributed by atoms with Crippen molar-refractivity contribution in [2.45, 2.75) is 25.7 Å². The van der Waals surface area contributed by atoms with Crippen molar-refractivity contribution in [3.05, 3.63) is 71.0 Å². The van der Waals surface area contributed by atoms with Gasteiger partial charge in [0, 0.05) is 13.1 Å². The third-order valence-electron chi connectivity index (χ3n) is 4.74. The quantitative estimate of drug-likeness (QED) is 0.792. The zero-order chi connectivity index (χ0) is 17.8. The lowest BCUT2D eigenvalue weighted by atomic mass is 9.91. The Balaban J connectivity index is 1.61. The summed E-state index contributed by atoms with van der Waals surface area (Å²) in [4.78, 5) is 14.1. The molecule has 25 heavy (non-hydrogen) atoms. The molecule has 0 aliphatic carbocycles. The number of amides is 1. The van der Waals surface area contributed by atoms with Crippen LogP contribution in [-0.2, 0) is 6.42 Å². The van der Waals surface area contributed by atoms with Gasteiger partial charge in [0.15, 0.2) is 11.6 Å². The second-order valence-electron chi connectivity index (χ2n) is 6.53. The molecule has 2 aromatic rings. The number of likely N-dealkylation sites (tertiary alicyclic amines) is 1. The minimum absolute atomic E-state index is 0.209. The van der Waals surface area contributed by atoms with E-state index in [4.69, 9.17) is 0 Å². The van der Waals surface area contributed by atoms with Gasteiger partial charge in [-0.2, -0.15) is 0 Å². The molecule has 0 unspecified atom stereocenters. The van der Waals surface area contributed by atoms with Gasteiger partial charge < -0.3 is 4.90 Å². The third-order valence-corrected chi connectivity index (χ3v) is 4.74. The van der Waals surface area contributed by atoms with Crippen molar-refractivity contribution in [1.82, 2.24) is 4.90 Å². The van der Waals surface area contributed by atoms with Gasteiger partial charge in [-0.1, -0.05) is 18.2 Å². The minimum Gasteiger partial charge on any atom is -0.338 e. The number of halogens is 3. The fourth-order valence-electron chi connectivity index (χ4n) is 3.35. The molecule has 1 aliphatic heterocycles. The Morgan fingerprint density at radius 1 is 1.08 bits per heavy atom. The van der Waals surface area contributed by atoms with Crippen molar-refractivity contribution < 1.29 is 18.0 Å². The topological polar surface area (TPSA) is 20.3 Å². The largest absolute Gasteiger partial charge is 0.338 e. The van der Waals surface area contributed by atoms with Crippen LogP contribution in [0.25, 0.3) is 0 Å². The zero-order valence-corrected chi connectivity index (χ0v) is 13.9. The van der Waals surface area contributed by atoms with Crippen molar-refractivity contribution in [3.8, 4) is 0 Å². The van der Waals surface area contributed by atoms with E-state index >= 15 is 0 Å². The molecular weight excluding hydrogens is 327 g/mol. The first kappa shape index (κ1) is 17.5. The molecule has 1 amide bonds. The first-order valence-corrected chi connectivity index (χ1v) is 8.52. The van der Waals surface area contributed by atoms with Gasteiger partial charge in [0.2, 0.25) is 0 Å². The fourth-order valence-corrected chi connectivity index (χ4v) is 3.35. The van der Waals surface area contributed by atoms with Gasteiger partial charge >= 0.3 is 0 Å². The van der Waals surface area contributed by atoms with Gasteiger partial charge in [-0.25, -0.2) is 13.2 Å². The highest BCUT2D eigenvalue weighted by Crippen LogP contribution is 2.24. The van der Waals surface area contributed by atoms with Crippen LogP contribution in [0.1, 0.15) is 35.2 Å². The van der Waals surface area contributed by atoms with Crippen LogP contribution in [0.2, 0.25) is 0 Å². The number of benzene rings is 2. The van der Waals surface area contributed by atoms with Crippen LogP contribution in [0.3, 0.4) is 0 Å². The van der Waals surface area contributed by atoms with Crippen molar-refractivity contribution >= 4 is 5.91 Å². The maximum Gasteiger partial charge on any atom is 0.256 e. The molecule has 0 spiro atoms. The van der Waals surface area contributed by atoms with E-state index in [0.717, 1.165) is 37.3 Å². The molecule has 0 aromatic heterocycles. The number of piperidine rings is 1. The average molecular weight is 347 g/mol. The molecule has 1 atom stereocenters. The van der Waals surface area contributed by atoms with Crippen LogP contribution >= 0.6 is 0 Å². The molecule has 2 aromatic carbocycles. The van der Waals surface area contributed by atoms with E-state index in [1.165, 1.54) is 24.3 Å². The lowest BCUT2D eigenvalue weighted by Gasteiger charge is -2.33. The highest BCUT2D eigenvalue weighted by atomic mass is 19.2. The Labute approximate surface area is 145 Å². The van der Waals surface area contributed by atoms with Crippen molar-refractivity contribution in [2.24, 2.45) is 5.92 Å². The second kappa shape index (κ2) is 7.72. The summed E-state index contributed by atoms with van der Waals surface area (Å²) in [6, 6.07) is 10.1. The van der Waals surface area contributed by atoms with Gasteiger partial charge in [-0.15, -0.1) is 0 Å². The fraction of sp³-hybridized carbons (Fsp3) is 0.350. The number of hydrogen-bond acceptors (Lipinski definition) is 1. The molecule has 0 saturated carbocycles. The van der Waals surface area contributed by atoms with Crippen molar-refractivity contribution in [3.63, 3.8) is 0 Å². The van der Waals surface area contributed by atoms with E-state index in [-0.39, 0.29) is 11.4 Å². The standard InChI is InChI=1S/C20H20F3NO/c21-16-10-8-14(9-11-16)6-7-15-3-2-12-24(13-15)20(25)17-4-1-5-18(22)19(17)23/h1,4-5,8-11,15H,2-3,6-7,12-13H2/t15-/m0/s1. The van der Waals surface area contributed by atoms with E-state index < -0.39 is 17.5 Å². The van der Waals surface area contributed by atoms with E-state index in [9.17, 15) is 18.0 Å². The molecule has 0 radical (unpaired) electrons. The van der Waals surface area contributed by atoms with E-state index in [0.29, 0.717) is 19.0 Å². The Bertz CT molecular complexity index is 745. The Morgan fingerprint density at radius 2 is 1.84 bits per heavy atom. The zero-order valence-electron chi connectivity index (χ0n) is 13.9.